The molecule has 1 fully saturated rings. The van der Waals surface area contributed by atoms with Crippen LogP contribution in [-0.4, -0.2) is 12.6 Å². The van der Waals surface area contributed by atoms with Crippen molar-refractivity contribution in [2.75, 3.05) is 6.54 Å². The fraction of sp³-hybridized carbons (Fsp3) is 0.538. The second kappa shape index (κ2) is 5.30. The van der Waals surface area contributed by atoms with Crippen molar-refractivity contribution in [3.63, 3.8) is 0 Å². The van der Waals surface area contributed by atoms with Crippen LogP contribution in [0, 0.1) is 5.82 Å². The summed E-state index contributed by atoms with van der Waals surface area (Å²) in [5.74, 6) is 0.151. The van der Waals surface area contributed by atoms with Crippen LogP contribution in [0.1, 0.15) is 31.2 Å². The minimum absolute atomic E-state index is 0.188. The van der Waals surface area contributed by atoms with Crippen molar-refractivity contribution in [3.8, 4) is 5.75 Å². The van der Waals surface area contributed by atoms with Gasteiger partial charge >= 0.3 is 0 Å². The Hall–Kier alpha value is -1.09. The maximum atomic E-state index is 13.7. The van der Waals surface area contributed by atoms with Gasteiger partial charge in [-0.3, -0.25) is 0 Å². The highest BCUT2D eigenvalue weighted by molar-refractivity contribution is 5.35. The standard InChI is InChI=1S/C13H18FNO/c14-12-7-3-4-10(8-9-15)13(12)16-11-5-1-2-6-11/h3-4,7,11H,1-2,5-6,8-9,15H2. The highest BCUT2D eigenvalue weighted by atomic mass is 19.1. The van der Waals surface area contributed by atoms with Crippen molar-refractivity contribution in [3.05, 3.63) is 29.6 Å². The van der Waals surface area contributed by atoms with Crippen molar-refractivity contribution in [1.82, 2.24) is 0 Å². The normalized spacial score (nSPS) is 16.6. The minimum atomic E-state index is -0.266. The quantitative estimate of drug-likeness (QED) is 0.851. The SMILES string of the molecule is NCCc1cccc(F)c1OC1CCCC1. The first-order valence-electron chi connectivity index (χ1n) is 5.95. The van der Waals surface area contributed by atoms with Crippen LogP contribution >= 0.6 is 0 Å². The molecule has 0 bridgehead atoms. The molecule has 3 heteroatoms. The van der Waals surface area contributed by atoms with Gasteiger partial charge in [-0.1, -0.05) is 12.1 Å². The zero-order valence-corrected chi connectivity index (χ0v) is 9.42. The van der Waals surface area contributed by atoms with E-state index < -0.39 is 0 Å². The summed E-state index contributed by atoms with van der Waals surface area (Å²) in [5, 5.41) is 0. The number of rotatable bonds is 4. The lowest BCUT2D eigenvalue weighted by Gasteiger charge is -2.16. The molecule has 0 amide bonds. The molecule has 1 aliphatic rings. The lowest BCUT2D eigenvalue weighted by Crippen LogP contribution is -2.14. The number of para-hydroxylation sites is 1. The van der Waals surface area contributed by atoms with Gasteiger partial charge in [-0.05, 0) is 50.3 Å². The molecule has 0 spiro atoms. The average molecular weight is 223 g/mol. The van der Waals surface area contributed by atoms with Crippen molar-refractivity contribution in [2.45, 2.75) is 38.2 Å². The van der Waals surface area contributed by atoms with E-state index in [2.05, 4.69) is 0 Å². The Balaban J connectivity index is 2.16. The lowest BCUT2D eigenvalue weighted by atomic mass is 10.1. The maximum absolute atomic E-state index is 13.7. The van der Waals surface area contributed by atoms with E-state index in [9.17, 15) is 4.39 Å². The second-order valence-electron chi connectivity index (χ2n) is 4.29. The molecule has 2 nitrogen and oxygen atoms in total. The second-order valence-corrected chi connectivity index (χ2v) is 4.29. The number of hydrogen-bond donors (Lipinski definition) is 1. The molecule has 0 aromatic heterocycles. The third-order valence-electron chi connectivity index (χ3n) is 3.05. The van der Waals surface area contributed by atoms with Gasteiger partial charge in [-0.15, -0.1) is 0 Å². The molecule has 16 heavy (non-hydrogen) atoms. The van der Waals surface area contributed by atoms with Crippen LogP contribution in [0.5, 0.6) is 5.75 Å². The summed E-state index contributed by atoms with van der Waals surface area (Å²) in [7, 11) is 0. The number of ether oxygens (including phenoxy) is 1. The van der Waals surface area contributed by atoms with Crippen LogP contribution in [0.25, 0.3) is 0 Å². The average Bonchev–Trinajstić information content (AvgIpc) is 2.76. The topological polar surface area (TPSA) is 35.2 Å². The highest BCUT2D eigenvalue weighted by Crippen LogP contribution is 2.29. The molecular weight excluding hydrogens is 205 g/mol. The van der Waals surface area contributed by atoms with E-state index in [1.54, 1.807) is 6.07 Å². The van der Waals surface area contributed by atoms with Crippen molar-refractivity contribution in [2.24, 2.45) is 5.73 Å². The summed E-state index contributed by atoms with van der Waals surface area (Å²) < 4.78 is 19.4. The van der Waals surface area contributed by atoms with Gasteiger partial charge in [0.15, 0.2) is 11.6 Å². The minimum Gasteiger partial charge on any atom is -0.487 e. The number of nitrogens with two attached hydrogens (primary N) is 1. The zero-order valence-electron chi connectivity index (χ0n) is 9.42. The smallest absolute Gasteiger partial charge is 0.165 e. The van der Waals surface area contributed by atoms with Crippen LogP contribution in [0.3, 0.4) is 0 Å². The largest absolute Gasteiger partial charge is 0.487 e. The molecule has 2 N–H and O–H groups in total. The molecule has 88 valence electrons. The number of benzene rings is 1. The van der Waals surface area contributed by atoms with Gasteiger partial charge in [-0.25, -0.2) is 4.39 Å². The predicted octanol–water partition coefficient (Wildman–Crippen LogP) is 2.65. The molecule has 1 saturated carbocycles. The third kappa shape index (κ3) is 2.53. The molecule has 0 atom stereocenters. The Morgan fingerprint density at radius 3 is 2.75 bits per heavy atom. The van der Waals surface area contributed by atoms with Gasteiger partial charge in [0.1, 0.15) is 0 Å². The fourth-order valence-corrected chi connectivity index (χ4v) is 2.21. The molecule has 0 radical (unpaired) electrons. The Morgan fingerprint density at radius 2 is 2.06 bits per heavy atom. The zero-order chi connectivity index (χ0) is 11.4. The van der Waals surface area contributed by atoms with E-state index >= 15 is 0 Å². The summed E-state index contributed by atoms with van der Waals surface area (Å²) in [6.45, 7) is 0.518. The van der Waals surface area contributed by atoms with Crippen LogP contribution in [0.15, 0.2) is 18.2 Å². The number of hydrogen-bond acceptors (Lipinski definition) is 2. The lowest BCUT2D eigenvalue weighted by molar-refractivity contribution is 0.198. The van der Waals surface area contributed by atoms with Crippen molar-refractivity contribution in [1.29, 1.82) is 0 Å². The van der Waals surface area contributed by atoms with Crippen molar-refractivity contribution >= 4 is 0 Å². The Morgan fingerprint density at radius 1 is 1.31 bits per heavy atom. The van der Waals surface area contributed by atoms with Crippen molar-refractivity contribution < 1.29 is 9.13 Å². The van der Waals surface area contributed by atoms with Gasteiger partial charge < -0.3 is 10.5 Å². The first-order valence-corrected chi connectivity index (χ1v) is 5.95. The first-order chi connectivity index (χ1) is 7.81. The molecule has 1 aromatic carbocycles. The molecule has 0 heterocycles. The van der Waals surface area contributed by atoms with Gasteiger partial charge in [0.2, 0.25) is 0 Å². The van der Waals surface area contributed by atoms with Gasteiger partial charge in [0, 0.05) is 0 Å². The van der Waals surface area contributed by atoms with Crippen LogP contribution in [0.2, 0.25) is 0 Å². The van der Waals surface area contributed by atoms with Crippen LogP contribution in [-0.2, 0) is 6.42 Å². The number of halogens is 1. The van der Waals surface area contributed by atoms with E-state index in [1.807, 2.05) is 6.07 Å². The fourth-order valence-electron chi connectivity index (χ4n) is 2.21. The van der Waals surface area contributed by atoms with E-state index in [1.165, 1.54) is 18.9 Å². The summed E-state index contributed by atoms with van der Waals surface area (Å²) >= 11 is 0. The van der Waals surface area contributed by atoms with Gasteiger partial charge in [0.25, 0.3) is 0 Å². The first kappa shape index (κ1) is 11.4. The Labute approximate surface area is 95.6 Å². The Kier molecular flexibility index (Phi) is 3.78. The molecular formula is C13H18FNO. The molecule has 2 rings (SSSR count). The predicted molar refractivity (Wildman–Crippen MR) is 62.0 cm³/mol. The maximum Gasteiger partial charge on any atom is 0.165 e. The summed E-state index contributed by atoms with van der Waals surface area (Å²) in [6, 6.07) is 5.05. The third-order valence-corrected chi connectivity index (χ3v) is 3.05. The summed E-state index contributed by atoms with van der Waals surface area (Å²) in [5.41, 5.74) is 6.39. The molecule has 1 aromatic rings. The highest BCUT2D eigenvalue weighted by Gasteiger charge is 2.19. The van der Waals surface area contributed by atoms with E-state index in [0.717, 1.165) is 18.4 Å². The molecule has 0 unspecified atom stereocenters. The summed E-state index contributed by atoms with van der Waals surface area (Å²) in [6.07, 6.45) is 5.30. The van der Waals surface area contributed by atoms with Gasteiger partial charge in [-0.2, -0.15) is 0 Å². The van der Waals surface area contributed by atoms with E-state index in [0.29, 0.717) is 18.7 Å². The molecule has 0 aliphatic heterocycles. The van der Waals surface area contributed by atoms with Crippen LogP contribution < -0.4 is 10.5 Å². The Bertz CT molecular complexity index is 348. The van der Waals surface area contributed by atoms with Crippen LogP contribution in [0.4, 0.5) is 4.39 Å². The van der Waals surface area contributed by atoms with E-state index in [4.69, 9.17) is 10.5 Å². The summed E-state index contributed by atoms with van der Waals surface area (Å²) in [4.78, 5) is 0. The monoisotopic (exact) mass is 223 g/mol. The molecule has 1 aliphatic carbocycles. The van der Waals surface area contributed by atoms with E-state index in [-0.39, 0.29) is 11.9 Å². The molecule has 0 saturated heterocycles. The van der Waals surface area contributed by atoms with Gasteiger partial charge in [0.05, 0.1) is 6.10 Å².